The van der Waals surface area contributed by atoms with E-state index in [2.05, 4.69) is 38.2 Å². The minimum Gasteiger partial charge on any atom is -0.379 e. The van der Waals surface area contributed by atoms with E-state index in [0.717, 1.165) is 36.6 Å². The average molecular weight is 330 g/mol. The standard InChI is InChI=1S/C17H28ClNOS/c1-5-12-19-15(10-11-17(2,3)20-4)13-21-16-8-6-14(18)7-9-16/h6-9,15,19H,5,10-13H2,1-4H3. The molecule has 1 unspecified atom stereocenters. The van der Waals surface area contributed by atoms with Gasteiger partial charge < -0.3 is 10.1 Å². The summed E-state index contributed by atoms with van der Waals surface area (Å²) in [4.78, 5) is 1.27. The summed E-state index contributed by atoms with van der Waals surface area (Å²) < 4.78 is 5.52. The second-order valence-corrected chi connectivity index (χ2v) is 7.45. The zero-order chi connectivity index (χ0) is 15.7. The third-order valence-corrected chi connectivity index (χ3v) is 5.02. The first-order chi connectivity index (χ1) is 9.96. The Labute approximate surface area is 139 Å². The second kappa shape index (κ2) is 9.73. The summed E-state index contributed by atoms with van der Waals surface area (Å²) >= 11 is 7.81. The van der Waals surface area contributed by atoms with E-state index in [1.807, 2.05) is 23.9 Å². The lowest BCUT2D eigenvalue weighted by Gasteiger charge is -2.26. The first-order valence-electron chi connectivity index (χ1n) is 7.63. The topological polar surface area (TPSA) is 21.3 Å². The van der Waals surface area contributed by atoms with Gasteiger partial charge in [0.15, 0.2) is 0 Å². The Hall–Kier alpha value is -0.220. The van der Waals surface area contributed by atoms with Crippen molar-refractivity contribution < 1.29 is 4.74 Å². The van der Waals surface area contributed by atoms with Crippen molar-refractivity contribution in [2.45, 2.75) is 56.6 Å². The predicted molar refractivity (Wildman–Crippen MR) is 94.6 cm³/mol. The maximum atomic E-state index is 5.92. The van der Waals surface area contributed by atoms with Crippen LogP contribution in [-0.2, 0) is 4.74 Å². The zero-order valence-corrected chi connectivity index (χ0v) is 15.2. The number of hydrogen-bond acceptors (Lipinski definition) is 3. The van der Waals surface area contributed by atoms with E-state index in [1.165, 1.54) is 4.90 Å². The van der Waals surface area contributed by atoms with Crippen LogP contribution in [0, 0.1) is 0 Å². The van der Waals surface area contributed by atoms with Gasteiger partial charge in [0.1, 0.15) is 0 Å². The van der Waals surface area contributed by atoms with E-state index < -0.39 is 0 Å². The molecule has 1 aromatic rings. The van der Waals surface area contributed by atoms with Crippen LogP contribution in [0.5, 0.6) is 0 Å². The Morgan fingerprint density at radius 2 is 1.95 bits per heavy atom. The third-order valence-electron chi connectivity index (χ3n) is 3.60. The molecule has 0 saturated heterocycles. The van der Waals surface area contributed by atoms with Gasteiger partial charge in [-0.15, -0.1) is 11.8 Å². The monoisotopic (exact) mass is 329 g/mol. The van der Waals surface area contributed by atoms with Crippen molar-refractivity contribution in [2.24, 2.45) is 0 Å². The molecular weight excluding hydrogens is 302 g/mol. The molecule has 1 rings (SSSR count). The normalized spacial score (nSPS) is 13.4. The van der Waals surface area contributed by atoms with Gasteiger partial charge in [0.2, 0.25) is 0 Å². The Morgan fingerprint density at radius 3 is 2.52 bits per heavy atom. The number of halogens is 1. The van der Waals surface area contributed by atoms with Crippen LogP contribution < -0.4 is 5.32 Å². The molecule has 0 radical (unpaired) electrons. The van der Waals surface area contributed by atoms with Gasteiger partial charge in [0, 0.05) is 28.8 Å². The Bertz CT molecular complexity index is 394. The molecule has 2 nitrogen and oxygen atoms in total. The summed E-state index contributed by atoms with van der Waals surface area (Å²) in [6.45, 7) is 7.57. The van der Waals surface area contributed by atoms with Crippen molar-refractivity contribution in [1.82, 2.24) is 5.32 Å². The second-order valence-electron chi connectivity index (χ2n) is 5.92. The van der Waals surface area contributed by atoms with Crippen molar-refractivity contribution in [3.8, 4) is 0 Å². The third kappa shape index (κ3) is 8.10. The highest BCUT2D eigenvalue weighted by Gasteiger charge is 2.19. The highest BCUT2D eigenvalue weighted by atomic mass is 35.5. The van der Waals surface area contributed by atoms with E-state index >= 15 is 0 Å². The molecule has 0 aliphatic carbocycles. The molecular formula is C17H28ClNOS. The Morgan fingerprint density at radius 1 is 1.29 bits per heavy atom. The van der Waals surface area contributed by atoms with E-state index in [-0.39, 0.29) is 5.60 Å². The quantitative estimate of drug-likeness (QED) is 0.610. The van der Waals surface area contributed by atoms with Gasteiger partial charge in [0.25, 0.3) is 0 Å². The number of methoxy groups -OCH3 is 1. The van der Waals surface area contributed by atoms with Gasteiger partial charge in [-0.05, 0) is 63.9 Å². The summed E-state index contributed by atoms with van der Waals surface area (Å²) in [6.07, 6.45) is 3.35. The van der Waals surface area contributed by atoms with Crippen LogP contribution >= 0.6 is 23.4 Å². The predicted octanol–water partition coefficient (Wildman–Crippen LogP) is 5.01. The number of thioether (sulfide) groups is 1. The van der Waals surface area contributed by atoms with Crippen LogP contribution in [0.25, 0.3) is 0 Å². The number of nitrogens with one attached hydrogen (secondary N) is 1. The van der Waals surface area contributed by atoms with Crippen LogP contribution in [0.2, 0.25) is 5.02 Å². The van der Waals surface area contributed by atoms with Crippen LogP contribution in [0.3, 0.4) is 0 Å². The summed E-state index contributed by atoms with van der Waals surface area (Å²) in [5, 5.41) is 4.44. The number of rotatable bonds is 10. The number of hydrogen-bond donors (Lipinski definition) is 1. The molecule has 0 spiro atoms. The van der Waals surface area contributed by atoms with Gasteiger partial charge in [-0.1, -0.05) is 18.5 Å². The fourth-order valence-electron chi connectivity index (χ4n) is 1.94. The van der Waals surface area contributed by atoms with Crippen molar-refractivity contribution in [3.63, 3.8) is 0 Å². The lowest BCUT2D eigenvalue weighted by Crippen LogP contribution is -2.34. The van der Waals surface area contributed by atoms with Gasteiger partial charge in [-0.25, -0.2) is 0 Å². The summed E-state index contributed by atoms with van der Waals surface area (Å²) in [5.74, 6) is 1.07. The molecule has 1 aromatic carbocycles. The first-order valence-corrected chi connectivity index (χ1v) is 9.00. The van der Waals surface area contributed by atoms with Crippen molar-refractivity contribution in [1.29, 1.82) is 0 Å². The molecule has 0 heterocycles. The minimum absolute atomic E-state index is 0.0446. The van der Waals surface area contributed by atoms with E-state index in [9.17, 15) is 0 Å². The molecule has 0 aromatic heterocycles. The molecule has 1 N–H and O–H groups in total. The molecule has 0 saturated carbocycles. The fraction of sp³-hybridized carbons (Fsp3) is 0.647. The molecule has 0 amide bonds. The highest BCUT2D eigenvalue weighted by molar-refractivity contribution is 7.99. The van der Waals surface area contributed by atoms with Gasteiger partial charge in [0.05, 0.1) is 5.60 Å². The molecule has 0 aliphatic rings. The first kappa shape index (κ1) is 18.8. The average Bonchev–Trinajstić information content (AvgIpc) is 2.48. The summed E-state index contributed by atoms with van der Waals surface area (Å²) in [5.41, 5.74) is -0.0446. The molecule has 0 aliphatic heterocycles. The lowest BCUT2D eigenvalue weighted by atomic mass is 9.99. The van der Waals surface area contributed by atoms with Crippen LogP contribution in [-0.4, -0.2) is 31.1 Å². The molecule has 1 atom stereocenters. The van der Waals surface area contributed by atoms with Crippen LogP contribution in [0.1, 0.15) is 40.0 Å². The van der Waals surface area contributed by atoms with Gasteiger partial charge in [-0.2, -0.15) is 0 Å². The van der Waals surface area contributed by atoms with E-state index in [4.69, 9.17) is 16.3 Å². The Balaban J connectivity index is 2.47. The number of ether oxygens (including phenoxy) is 1. The van der Waals surface area contributed by atoms with E-state index in [0.29, 0.717) is 6.04 Å². The van der Waals surface area contributed by atoms with E-state index in [1.54, 1.807) is 7.11 Å². The highest BCUT2D eigenvalue weighted by Crippen LogP contribution is 2.23. The largest absolute Gasteiger partial charge is 0.379 e. The van der Waals surface area contributed by atoms with Crippen molar-refractivity contribution >= 4 is 23.4 Å². The van der Waals surface area contributed by atoms with Crippen LogP contribution in [0.4, 0.5) is 0 Å². The zero-order valence-electron chi connectivity index (χ0n) is 13.6. The van der Waals surface area contributed by atoms with Crippen molar-refractivity contribution in [2.75, 3.05) is 19.4 Å². The van der Waals surface area contributed by atoms with Crippen molar-refractivity contribution in [3.05, 3.63) is 29.3 Å². The smallest absolute Gasteiger partial charge is 0.0623 e. The fourth-order valence-corrected chi connectivity index (χ4v) is 3.08. The number of benzene rings is 1. The van der Waals surface area contributed by atoms with Gasteiger partial charge in [-0.3, -0.25) is 0 Å². The van der Waals surface area contributed by atoms with Crippen LogP contribution in [0.15, 0.2) is 29.2 Å². The molecule has 4 heteroatoms. The maximum Gasteiger partial charge on any atom is 0.0623 e. The van der Waals surface area contributed by atoms with Gasteiger partial charge >= 0.3 is 0 Å². The summed E-state index contributed by atoms with van der Waals surface area (Å²) in [7, 11) is 1.79. The molecule has 0 bridgehead atoms. The SMILES string of the molecule is CCCNC(CCC(C)(C)OC)CSc1ccc(Cl)cc1. The molecule has 0 fully saturated rings. The minimum atomic E-state index is -0.0446. The maximum absolute atomic E-state index is 5.92. The lowest BCUT2D eigenvalue weighted by molar-refractivity contribution is 0.0122. The molecule has 120 valence electrons. The molecule has 21 heavy (non-hydrogen) atoms. The Kier molecular flexibility index (Phi) is 8.72. The summed E-state index contributed by atoms with van der Waals surface area (Å²) in [6, 6.07) is 8.59.